The Kier molecular flexibility index (Phi) is 5.29. The van der Waals surface area contributed by atoms with E-state index in [1.165, 1.54) is 14.2 Å². The van der Waals surface area contributed by atoms with Crippen LogP contribution in [-0.4, -0.2) is 65.7 Å². The van der Waals surface area contributed by atoms with Crippen molar-refractivity contribution in [3.63, 3.8) is 0 Å². The van der Waals surface area contributed by atoms with E-state index < -0.39 is 43.5 Å². The van der Waals surface area contributed by atoms with Crippen LogP contribution in [0.2, 0.25) is 0 Å². The zero-order valence-electron chi connectivity index (χ0n) is 18.9. The minimum atomic E-state index is -1.50. The van der Waals surface area contributed by atoms with Crippen molar-refractivity contribution in [3.8, 4) is 11.5 Å². The van der Waals surface area contributed by atoms with Crippen LogP contribution in [0.15, 0.2) is 30.3 Å². The first-order chi connectivity index (χ1) is 15.2. The summed E-state index contributed by atoms with van der Waals surface area (Å²) in [6, 6.07) is 9.11. The fourth-order valence-corrected chi connectivity index (χ4v) is 4.09. The summed E-state index contributed by atoms with van der Waals surface area (Å²) in [5, 5.41) is 40.4. The summed E-state index contributed by atoms with van der Waals surface area (Å²) in [5.41, 5.74) is 3.91. The van der Waals surface area contributed by atoms with E-state index in [0.717, 1.165) is 16.7 Å². The highest BCUT2D eigenvalue weighted by Crippen LogP contribution is 2.40. The third-order valence-electron chi connectivity index (χ3n) is 5.87. The molecule has 1 saturated heterocycles. The topological polar surface area (TPSA) is 109 Å². The van der Waals surface area contributed by atoms with E-state index in [0.29, 0.717) is 35.5 Å². The molecule has 1 fully saturated rings. The van der Waals surface area contributed by atoms with Crippen molar-refractivity contribution in [1.82, 2.24) is 0 Å². The van der Waals surface area contributed by atoms with Gasteiger partial charge in [0, 0.05) is 20.8 Å². The Labute approximate surface area is 178 Å². The number of methoxy groups -OCH3 is 2. The van der Waals surface area contributed by atoms with Crippen LogP contribution in [0.4, 0.5) is 0 Å². The molecular formula is C23H28O7. The number of aliphatic hydroxyl groups is 4. The number of hydrogen-bond donors (Lipinski definition) is 4. The molecule has 162 valence electrons. The molecule has 5 atom stereocenters. The highest BCUT2D eigenvalue weighted by atomic mass is 16.5. The van der Waals surface area contributed by atoms with Crippen LogP contribution in [0.5, 0.6) is 11.5 Å². The molecule has 0 unspecified atom stereocenters. The van der Waals surface area contributed by atoms with Gasteiger partial charge in [0.05, 0.1) is 20.8 Å². The van der Waals surface area contributed by atoms with Crippen LogP contribution in [0.25, 0.3) is 0 Å². The Hall–Kier alpha value is -2.16. The molecule has 0 amide bonds. The lowest BCUT2D eigenvalue weighted by Crippen LogP contribution is -2.55. The molecule has 0 radical (unpaired) electrons. The van der Waals surface area contributed by atoms with E-state index in [1.54, 1.807) is 12.1 Å². The van der Waals surface area contributed by atoms with Gasteiger partial charge in [0.1, 0.15) is 42.0 Å². The van der Waals surface area contributed by atoms with Gasteiger partial charge in [-0.3, -0.25) is 0 Å². The maximum Gasteiger partial charge on any atom is 0.128 e. The first kappa shape index (κ1) is 18.6. The van der Waals surface area contributed by atoms with Crippen LogP contribution in [0.1, 0.15) is 36.7 Å². The average Bonchev–Trinajstić information content (AvgIpc) is 2.77. The summed E-state index contributed by atoms with van der Waals surface area (Å²) >= 11 is 0. The first-order valence-electron chi connectivity index (χ1n) is 10.9. The van der Waals surface area contributed by atoms with E-state index in [2.05, 4.69) is 0 Å². The van der Waals surface area contributed by atoms with Gasteiger partial charge < -0.3 is 34.6 Å². The van der Waals surface area contributed by atoms with Crippen molar-refractivity contribution in [1.29, 1.82) is 0 Å². The Balaban J connectivity index is 1.70. The summed E-state index contributed by atoms with van der Waals surface area (Å²) in [4.78, 5) is 0. The Morgan fingerprint density at radius 3 is 2.40 bits per heavy atom. The van der Waals surface area contributed by atoms with Gasteiger partial charge >= 0.3 is 0 Å². The summed E-state index contributed by atoms with van der Waals surface area (Å²) in [7, 11) is 3.00. The van der Waals surface area contributed by atoms with Gasteiger partial charge in [0.2, 0.25) is 0 Å². The molecule has 30 heavy (non-hydrogen) atoms. The molecule has 7 nitrogen and oxygen atoms in total. The fourth-order valence-electron chi connectivity index (χ4n) is 4.09. The van der Waals surface area contributed by atoms with Gasteiger partial charge in [-0.05, 0) is 41.1 Å². The van der Waals surface area contributed by atoms with Crippen LogP contribution in [-0.2, 0) is 24.0 Å². The van der Waals surface area contributed by atoms with Crippen molar-refractivity contribution in [2.45, 2.75) is 49.7 Å². The van der Waals surface area contributed by atoms with Gasteiger partial charge in [-0.1, -0.05) is 18.2 Å². The molecule has 1 heterocycles. The van der Waals surface area contributed by atoms with Crippen molar-refractivity contribution < 1.29 is 37.4 Å². The lowest BCUT2D eigenvalue weighted by Gasteiger charge is -2.40. The minimum absolute atomic E-state index is 0.375. The number of hydrogen-bond acceptors (Lipinski definition) is 7. The van der Waals surface area contributed by atoms with Crippen molar-refractivity contribution in [3.05, 3.63) is 58.1 Å². The highest BCUT2D eigenvalue weighted by molar-refractivity contribution is 5.50. The summed E-state index contributed by atoms with van der Waals surface area (Å²) in [6.45, 7) is -0.518. The number of rotatable bonds is 6. The smallest absolute Gasteiger partial charge is 0.128 e. The monoisotopic (exact) mass is 418 g/mol. The van der Waals surface area contributed by atoms with Crippen LogP contribution >= 0.6 is 0 Å². The van der Waals surface area contributed by atoms with Crippen molar-refractivity contribution >= 4 is 0 Å². The molecule has 0 aromatic heterocycles. The second kappa shape index (κ2) is 8.53. The molecule has 4 N–H and O–H groups in total. The van der Waals surface area contributed by atoms with Crippen molar-refractivity contribution in [2.75, 3.05) is 20.8 Å². The second-order valence-corrected chi connectivity index (χ2v) is 7.68. The Morgan fingerprint density at radius 1 is 1.00 bits per heavy atom. The standard InChI is InChI=1S/C23H28O7/c1-28-17-10-18(29-2)16(23-22(27)21(26)20(25)19(11-24)30-23)9-15(17)8-12-3-4-13-5-6-14(13)7-12/h3-4,7,9-10,19-27H,5-6,8,11H2,1-2H3/t19-,20-,21+,22-,23+/m1/s1/i5D2. The van der Waals surface area contributed by atoms with Crippen LogP contribution in [0, 0.1) is 0 Å². The molecule has 0 saturated carbocycles. The molecule has 1 aliphatic heterocycles. The molecule has 1 aliphatic carbocycles. The zero-order chi connectivity index (χ0) is 23.2. The predicted molar refractivity (Wildman–Crippen MR) is 109 cm³/mol. The number of aliphatic hydroxyl groups excluding tert-OH is 4. The lowest BCUT2D eigenvalue weighted by atomic mass is 9.85. The third kappa shape index (κ3) is 3.68. The first-order valence-corrected chi connectivity index (χ1v) is 9.87. The quantitative estimate of drug-likeness (QED) is 0.552. The molecule has 0 bridgehead atoms. The number of fused-ring (bicyclic) bond motifs is 1. The molecular weight excluding hydrogens is 388 g/mol. The number of aryl methyl sites for hydroxylation is 2. The SMILES string of the molecule is [2H]C1([2H])Cc2cc(Cc3cc([C@@H]4O[C@H](CO)[C@@H](O)[C@H](O)[C@H]4O)c(OC)cc3OC)ccc21. The third-order valence-corrected chi connectivity index (χ3v) is 5.87. The molecule has 2 aliphatic rings. The van der Waals surface area contributed by atoms with E-state index in [9.17, 15) is 20.4 Å². The second-order valence-electron chi connectivity index (χ2n) is 7.68. The van der Waals surface area contributed by atoms with E-state index in [4.69, 9.17) is 17.0 Å². The average molecular weight is 418 g/mol. The minimum Gasteiger partial charge on any atom is -0.496 e. The van der Waals surface area contributed by atoms with Crippen LogP contribution in [0.3, 0.4) is 0 Å². The van der Waals surface area contributed by atoms with E-state index >= 15 is 0 Å². The fraction of sp³-hybridized carbons (Fsp3) is 0.478. The normalized spacial score (nSPS) is 30.5. The maximum absolute atomic E-state index is 10.6. The number of benzene rings is 2. The molecule has 0 spiro atoms. The van der Waals surface area contributed by atoms with Gasteiger partial charge in [-0.25, -0.2) is 0 Å². The van der Waals surface area contributed by atoms with Gasteiger partial charge in [0.15, 0.2) is 0 Å². The van der Waals surface area contributed by atoms with E-state index in [-0.39, 0.29) is 0 Å². The van der Waals surface area contributed by atoms with Gasteiger partial charge in [-0.2, -0.15) is 0 Å². The van der Waals surface area contributed by atoms with E-state index in [1.807, 2.05) is 18.2 Å². The Morgan fingerprint density at radius 2 is 1.77 bits per heavy atom. The molecule has 7 heteroatoms. The molecule has 4 rings (SSSR count). The number of ether oxygens (including phenoxy) is 3. The van der Waals surface area contributed by atoms with Gasteiger partial charge in [0.25, 0.3) is 0 Å². The Bertz CT molecular complexity index is 995. The molecule has 2 aromatic carbocycles. The maximum atomic E-state index is 10.6. The van der Waals surface area contributed by atoms with Crippen molar-refractivity contribution in [2.24, 2.45) is 0 Å². The summed E-state index contributed by atoms with van der Waals surface area (Å²) in [5.74, 6) is 0.938. The largest absolute Gasteiger partial charge is 0.496 e. The zero-order valence-corrected chi connectivity index (χ0v) is 16.9. The summed E-state index contributed by atoms with van der Waals surface area (Å²) in [6.07, 6.45) is -6.85. The summed E-state index contributed by atoms with van der Waals surface area (Å²) < 4.78 is 32.6. The lowest BCUT2D eigenvalue weighted by molar-refractivity contribution is -0.232. The highest BCUT2D eigenvalue weighted by Gasteiger charge is 2.45. The van der Waals surface area contributed by atoms with Crippen LogP contribution < -0.4 is 9.47 Å². The predicted octanol–water partition coefficient (Wildman–Crippen LogP) is 0.908. The molecule has 2 aromatic rings. The van der Waals surface area contributed by atoms with Gasteiger partial charge in [-0.15, -0.1) is 0 Å².